The molecule has 1 fully saturated rings. The zero-order valence-electron chi connectivity index (χ0n) is 17.2. The highest BCUT2D eigenvalue weighted by molar-refractivity contribution is 7.99. The summed E-state index contributed by atoms with van der Waals surface area (Å²) in [7, 11) is 2.13. The Morgan fingerprint density at radius 1 is 1.00 bits per heavy atom. The van der Waals surface area contributed by atoms with Gasteiger partial charge in [0.1, 0.15) is 0 Å². The maximum atomic E-state index is 4.66. The molecule has 0 unspecified atom stereocenters. The number of likely N-dealkylation sites (N-methyl/N-ethyl adjacent to an activating group) is 1. The van der Waals surface area contributed by atoms with Crippen LogP contribution in [-0.4, -0.2) is 59.6 Å². The fourth-order valence-electron chi connectivity index (χ4n) is 3.88. The summed E-state index contributed by atoms with van der Waals surface area (Å²) < 4.78 is 3.85. The van der Waals surface area contributed by atoms with Crippen molar-refractivity contribution in [2.45, 2.75) is 23.0 Å². The van der Waals surface area contributed by atoms with Gasteiger partial charge in [-0.15, -0.1) is 10.2 Å². The molecule has 0 bridgehead atoms. The van der Waals surface area contributed by atoms with Crippen LogP contribution in [0.3, 0.4) is 0 Å². The summed E-state index contributed by atoms with van der Waals surface area (Å²) >= 11 is 1.55. The zero-order valence-corrected chi connectivity index (χ0v) is 18.0. The summed E-state index contributed by atoms with van der Waals surface area (Å²) in [5.74, 6) is 0. The standard InChI is InChI=1S/C22H20N8S/c1-14-3-6-21-25-26-22(30(21)27-14)31-19-4-5-20-15(8-19)7-16(9-23-20)17-10-24-29(11-17)18-12-28(2)13-18/h3-11,18H,12-13H2,1-2H3. The van der Waals surface area contributed by atoms with Crippen LogP contribution in [0.4, 0.5) is 0 Å². The molecule has 1 aliphatic heterocycles. The molecule has 0 radical (unpaired) electrons. The highest BCUT2D eigenvalue weighted by Crippen LogP contribution is 2.31. The van der Waals surface area contributed by atoms with E-state index in [0.29, 0.717) is 6.04 Å². The predicted octanol–water partition coefficient (Wildman–Crippen LogP) is 3.48. The second kappa shape index (κ2) is 7.14. The number of pyridine rings is 1. The molecule has 9 heteroatoms. The number of likely N-dealkylation sites (tertiary alicyclic amines) is 1. The molecule has 154 valence electrons. The van der Waals surface area contributed by atoms with E-state index in [2.05, 4.69) is 66.4 Å². The Bertz CT molecular complexity index is 1420. The van der Waals surface area contributed by atoms with Crippen LogP contribution in [-0.2, 0) is 0 Å². The summed E-state index contributed by atoms with van der Waals surface area (Å²) in [6.45, 7) is 4.05. The minimum atomic E-state index is 0.463. The van der Waals surface area contributed by atoms with Gasteiger partial charge in [0.25, 0.3) is 0 Å². The molecule has 0 atom stereocenters. The molecule has 6 rings (SSSR count). The van der Waals surface area contributed by atoms with Crippen LogP contribution in [0, 0.1) is 6.92 Å². The van der Waals surface area contributed by atoms with Crippen LogP contribution in [0.5, 0.6) is 0 Å². The van der Waals surface area contributed by atoms with Gasteiger partial charge in [-0.1, -0.05) is 0 Å². The first kappa shape index (κ1) is 18.5. The van der Waals surface area contributed by atoms with Crippen molar-refractivity contribution in [1.82, 2.24) is 39.5 Å². The lowest BCUT2D eigenvalue weighted by atomic mass is 10.1. The Hall–Kier alpha value is -3.30. The Balaban J connectivity index is 1.31. The monoisotopic (exact) mass is 428 g/mol. The molecule has 31 heavy (non-hydrogen) atoms. The van der Waals surface area contributed by atoms with E-state index in [1.807, 2.05) is 37.5 Å². The lowest BCUT2D eigenvalue weighted by molar-refractivity contribution is 0.130. The largest absolute Gasteiger partial charge is 0.302 e. The average molecular weight is 429 g/mol. The molecule has 5 heterocycles. The number of aromatic nitrogens is 7. The molecule has 0 amide bonds. The van der Waals surface area contributed by atoms with Crippen LogP contribution in [0.25, 0.3) is 27.7 Å². The van der Waals surface area contributed by atoms with Crippen LogP contribution >= 0.6 is 11.8 Å². The van der Waals surface area contributed by atoms with E-state index in [1.54, 1.807) is 16.3 Å². The van der Waals surface area contributed by atoms with Crippen LogP contribution in [0.2, 0.25) is 0 Å². The maximum Gasteiger partial charge on any atom is 0.217 e. The summed E-state index contributed by atoms with van der Waals surface area (Å²) in [5.41, 5.74) is 4.79. The van der Waals surface area contributed by atoms with Gasteiger partial charge in [0, 0.05) is 46.9 Å². The third-order valence-electron chi connectivity index (χ3n) is 5.58. The Morgan fingerprint density at radius 3 is 2.77 bits per heavy atom. The maximum absolute atomic E-state index is 4.66. The van der Waals surface area contributed by atoms with Gasteiger partial charge in [-0.2, -0.15) is 14.7 Å². The third kappa shape index (κ3) is 3.35. The molecular weight excluding hydrogens is 408 g/mol. The molecule has 8 nitrogen and oxygen atoms in total. The summed E-state index contributed by atoms with van der Waals surface area (Å²) in [6.07, 6.45) is 5.97. The quantitative estimate of drug-likeness (QED) is 0.434. The van der Waals surface area contributed by atoms with Gasteiger partial charge >= 0.3 is 0 Å². The van der Waals surface area contributed by atoms with E-state index in [4.69, 9.17) is 0 Å². The van der Waals surface area contributed by atoms with Crippen molar-refractivity contribution in [2.75, 3.05) is 20.1 Å². The highest BCUT2D eigenvalue weighted by Gasteiger charge is 2.25. The van der Waals surface area contributed by atoms with E-state index < -0.39 is 0 Å². The number of aryl methyl sites for hydroxylation is 1. The molecule has 5 aromatic rings. The van der Waals surface area contributed by atoms with Crippen molar-refractivity contribution in [3.63, 3.8) is 0 Å². The number of hydrogen-bond acceptors (Lipinski definition) is 7. The zero-order chi connectivity index (χ0) is 20.9. The Kier molecular flexibility index (Phi) is 4.25. The third-order valence-corrected chi connectivity index (χ3v) is 6.51. The fraction of sp³-hybridized carbons (Fsp3) is 0.227. The molecule has 0 spiro atoms. The van der Waals surface area contributed by atoms with Gasteiger partial charge in [0.15, 0.2) is 5.65 Å². The van der Waals surface area contributed by atoms with Crippen molar-refractivity contribution in [2.24, 2.45) is 0 Å². The van der Waals surface area contributed by atoms with E-state index >= 15 is 0 Å². The van der Waals surface area contributed by atoms with Crippen molar-refractivity contribution < 1.29 is 0 Å². The first-order valence-corrected chi connectivity index (χ1v) is 10.9. The lowest BCUT2D eigenvalue weighted by Gasteiger charge is -2.36. The molecular formula is C22H20N8S. The van der Waals surface area contributed by atoms with E-state index in [1.165, 1.54) is 0 Å². The topological polar surface area (TPSA) is 77.0 Å². The highest BCUT2D eigenvalue weighted by atomic mass is 32.2. The minimum absolute atomic E-state index is 0.463. The number of hydrogen-bond donors (Lipinski definition) is 0. The second-order valence-electron chi connectivity index (χ2n) is 7.99. The smallest absolute Gasteiger partial charge is 0.217 e. The second-order valence-corrected chi connectivity index (χ2v) is 9.03. The summed E-state index contributed by atoms with van der Waals surface area (Å²) in [5, 5.41) is 19.4. The number of rotatable bonds is 4. The molecule has 1 saturated heterocycles. The van der Waals surface area contributed by atoms with Crippen molar-refractivity contribution in [3.8, 4) is 11.1 Å². The molecule has 0 aliphatic carbocycles. The first-order valence-electron chi connectivity index (χ1n) is 10.1. The molecule has 0 N–H and O–H groups in total. The molecule has 1 aromatic carbocycles. The van der Waals surface area contributed by atoms with Crippen molar-refractivity contribution in [3.05, 3.63) is 60.7 Å². The van der Waals surface area contributed by atoms with Gasteiger partial charge in [0.05, 0.1) is 23.4 Å². The van der Waals surface area contributed by atoms with E-state index in [0.717, 1.165) is 56.5 Å². The average Bonchev–Trinajstić information content (AvgIpc) is 3.38. The molecule has 0 saturated carbocycles. The van der Waals surface area contributed by atoms with Crippen LogP contribution in [0.1, 0.15) is 11.7 Å². The van der Waals surface area contributed by atoms with Gasteiger partial charge in [-0.25, -0.2) is 0 Å². The fourth-order valence-corrected chi connectivity index (χ4v) is 4.72. The molecule has 4 aromatic heterocycles. The normalized spacial score (nSPS) is 15.0. The molecule has 1 aliphatic rings. The Morgan fingerprint density at radius 2 is 1.90 bits per heavy atom. The van der Waals surface area contributed by atoms with E-state index in [-0.39, 0.29) is 0 Å². The SMILES string of the molecule is Cc1ccc2nnc(Sc3ccc4ncc(-c5cnn(C6CN(C)C6)c5)cc4c3)n2n1. The van der Waals surface area contributed by atoms with Crippen LogP contribution < -0.4 is 0 Å². The van der Waals surface area contributed by atoms with Gasteiger partial charge < -0.3 is 4.90 Å². The first-order chi connectivity index (χ1) is 15.1. The summed E-state index contributed by atoms with van der Waals surface area (Å²) in [6, 6.07) is 12.7. The van der Waals surface area contributed by atoms with Crippen LogP contribution in [0.15, 0.2) is 65.0 Å². The van der Waals surface area contributed by atoms with Crippen molar-refractivity contribution >= 4 is 28.3 Å². The predicted molar refractivity (Wildman–Crippen MR) is 119 cm³/mol. The van der Waals surface area contributed by atoms with Gasteiger partial charge in [-0.3, -0.25) is 9.67 Å². The summed E-state index contributed by atoms with van der Waals surface area (Å²) in [4.78, 5) is 8.01. The van der Waals surface area contributed by atoms with Gasteiger partial charge in [0.2, 0.25) is 5.16 Å². The minimum Gasteiger partial charge on any atom is -0.302 e. The lowest BCUT2D eigenvalue weighted by Crippen LogP contribution is -2.45. The number of benzene rings is 1. The van der Waals surface area contributed by atoms with Gasteiger partial charge in [-0.05, 0) is 62.1 Å². The number of fused-ring (bicyclic) bond motifs is 2. The van der Waals surface area contributed by atoms with E-state index in [9.17, 15) is 0 Å². The Labute approximate surface area is 182 Å². The number of nitrogens with zero attached hydrogens (tertiary/aromatic N) is 8. The van der Waals surface area contributed by atoms with Crippen molar-refractivity contribution in [1.29, 1.82) is 0 Å².